The molecule has 1 aliphatic heterocycles. The van der Waals surface area contributed by atoms with E-state index in [9.17, 15) is 14.4 Å². The van der Waals surface area contributed by atoms with Gasteiger partial charge in [0, 0.05) is 0 Å². The number of aryl methyl sites for hydroxylation is 1. The Balaban J connectivity index is 1.66. The van der Waals surface area contributed by atoms with Crippen molar-refractivity contribution in [2.45, 2.75) is 20.5 Å². The second kappa shape index (κ2) is 11.4. The summed E-state index contributed by atoms with van der Waals surface area (Å²) >= 11 is 15.6. The first-order valence-corrected chi connectivity index (χ1v) is 12.7. The first kappa shape index (κ1) is 26.7. The minimum Gasteiger partial charge on any atom is -0.490 e. The third kappa shape index (κ3) is 5.82. The maximum absolute atomic E-state index is 13.3. The molecule has 0 radical (unpaired) electrons. The van der Waals surface area contributed by atoms with Gasteiger partial charge < -0.3 is 9.47 Å². The smallest absolute Gasteiger partial charge is 0.335 e. The van der Waals surface area contributed by atoms with E-state index >= 15 is 0 Å². The van der Waals surface area contributed by atoms with E-state index in [1.54, 1.807) is 61.5 Å². The fraction of sp³-hybridized carbons (Fsp3) is 0.148. The molecule has 3 aromatic rings. The van der Waals surface area contributed by atoms with Gasteiger partial charge in [-0.3, -0.25) is 14.9 Å². The molecule has 7 nitrogen and oxygen atoms in total. The predicted octanol–water partition coefficient (Wildman–Crippen LogP) is 6.71. The molecule has 0 aliphatic carbocycles. The number of hydrogen-bond acceptors (Lipinski definition) is 5. The molecule has 4 rings (SSSR count). The van der Waals surface area contributed by atoms with Crippen LogP contribution in [0.3, 0.4) is 0 Å². The lowest BCUT2D eigenvalue weighted by Crippen LogP contribution is -2.54. The first-order chi connectivity index (χ1) is 17.7. The van der Waals surface area contributed by atoms with E-state index in [2.05, 4.69) is 21.2 Å². The highest BCUT2D eigenvalue weighted by Crippen LogP contribution is 2.38. The Morgan fingerprint density at radius 3 is 2.46 bits per heavy atom. The van der Waals surface area contributed by atoms with E-state index in [0.717, 1.165) is 10.5 Å². The number of urea groups is 1. The Labute approximate surface area is 232 Å². The number of anilines is 1. The molecule has 1 saturated heterocycles. The molecule has 4 amide bonds. The summed E-state index contributed by atoms with van der Waals surface area (Å²) in [7, 11) is 0. The van der Waals surface area contributed by atoms with Gasteiger partial charge in [-0.05, 0) is 82.9 Å². The second-order valence-electron chi connectivity index (χ2n) is 8.04. The number of nitrogens with zero attached hydrogens (tertiary/aromatic N) is 1. The third-order valence-electron chi connectivity index (χ3n) is 5.47. The Morgan fingerprint density at radius 1 is 1.00 bits per heavy atom. The van der Waals surface area contributed by atoms with Crippen LogP contribution in [0, 0.1) is 6.92 Å². The highest BCUT2D eigenvalue weighted by Gasteiger charge is 2.37. The standard InChI is InChI=1S/C27H21BrCl2N2O5/c1-3-36-23-13-17(11-19(28)24(23)37-14-16-8-9-20(29)21(30)12-16)10-18-25(33)31-27(35)32(26(18)34)22-7-5-4-6-15(22)2/h4-13H,3,14H2,1-2H3,(H,31,33,35)/b18-10+. The van der Waals surface area contributed by atoms with Crippen LogP contribution >= 0.6 is 39.1 Å². The first-order valence-electron chi connectivity index (χ1n) is 11.2. The number of para-hydroxylation sites is 1. The molecule has 1 fully saturated rings. The van der Waals surface area contributed by atoms with Gasteiger partial charge in [0.1, 0.15) is 12.2 Å². The van der Waals surface area contributed by atoms with Crippen molar-refractivity contribution in [3.63, 3.8) is 0 Å². The van der Waals surface area contributed by atoms with Gasteiger partial charge in [0.05, 0.1) is 26.8 Å². The summed E-state index contributed by atoms with van der Waals surface area (Å²) in [6.07, 6.45) is 1.41. The number of barbiturate groups is 1. The molecule has 0 spiro atoms. The van der Waals surface area contributed by atoms with Crippen molar-refractivity contribution < 1.29 is 23.9 Å². The molecular weight excluding hydrogens is 583 g/mol. The number of rotatable bonds is 7. The SMILES string of the molecule is CCOc1cc(/C=C2\C(=O)NC(=O)N(c3ccccc3C)C2=O)cc(Br)c1OCc1ccc(Cl)c(Cl)c1. The number of nitrogens with one attached hydrogen (secondary N) is 1. The van der Waals surface area contributed by atoms with Gasteiger partial charge in [0.25, 0.3) is 11.8 Å². The zero-order chi connectivity index (χ0) is 26.7. The number of benzene rings is 3. The maximum Gasteiger partial charge on any atom is 0.335 e. The molecular formula is C27H21BrCl2N2O5. The van der Waals surface area contributed by atoms with E-state index < -0.39 is 17.8 Å². The largest absolute Gasteiger partial charge is 0.490 e. The third-order valence-corrected chi connectivity index (χ3v) is 6.80. The van der Waals surface area contributed by atoms with Gasteiger partial charge >= 0.3 is 6.03 Å². The number of carbonyl (C=O) groups is 3. The molecule has 190 valence electrons. The zero-order valence-electron chi connectivity index (χ0n) is 19.8. The summed E-state index contributed by atoms with van der Waals surface area (Å²) in [4.78, 5) is 39.4. The molecule has 1 heterocycles. The summed E-state index contributed by atoms with van der Waals surface area (Å²) in [5.74, 6) is -0.670. The van der Waals surface area contributed by atoms with Crippen LogP contribution < -0.4 is 19.7 Å². The van der Waals surface area contributed by atoms with E-state index in [1.165, 1.54) is 6.08 Å². The predicted molar refractivity (Wildman–Crippen MR) is 146 cm³/mol. The van der Waals surface area contributed by atoms with Gasteiger partial charge in [-0.1, -0.05) is 47.5 Å². The summed E-state index contributed by atoms with van der Waals surface area (Å²) in [6, 6.07) is 14.7. The minimum absolute atomic E-state index is 0.193. The fourth-order valence-corrected chi connectivity index (χ4v) is 4.61. The number of ether oxygens (including phenoxy) is 2. The van der Waals surface area contributed by atoms with Crippen LogP contribution in [-0.2, 0) is 16.2 Å². The number of halogens is 3. The van der Waals surface area contributed by atoms with Crippen molar-refractivity contribution >= 4 is 68.7 Å². The van der Waals surface area contributed by atoms with Crippen LogP contribution in [0.15, 0.2) is 64.6 Å². The summed E-state index contributed by atoms with van der Waals surface area (Å²) in [6.45, 7) is 4.15. The Kier molecular flexibility index (Phi) is 8.22. The van der Waals surface area contributed by atoms with Crippen molar-refractivity contribution in [2.24, 2.45) is 0 Å². The number of carbonyl (C=O) groups excluding carboxylic acids is 3. The monoisotopic (exact) mass is 602 g/mol. The van der Waals surface area contributed by atoms with Crippen molar-refractivity contribution in [3.05, 3.63) is 91.4 Å². The molecule has 0 aromatic heterocycles. The number of amides is 4. The molecule has 0 atom stereocenters. The van der Waals surface area contributed by atoms with E-state index in [1.807, 2.05) is 6.92 Å². The molecule has 1 N–H and O–H groups in total. The van der Waals surface area contributed by atoms with Crippen molar-refractivity contribution in [1.29, 1.82) is 0 Å². The van der Waals surface area contributed by atoms with E-state index in [0.29, 0.717) is 49.4 Å². The zero-order valence-corrected chi connectivity index (χ0v) is 22.9. The minimum atomic E-state index is -0.802. The quantitative estimate of drug-likeness (QED) is 0.240. The second-order valence-corrected chi connectivity index (χ2v) is 9.71. The molecule has 37 heavy (non-hydrogen) atoms. The van der Waals surface area contributed by atoms with Crippen molar-refractivity contribution in [2.75, 3.05) is 11.5 Å². The highest BCUT2D eigenvalue weighted by molar-refractivity contribution is 9.10. The lowest BCUT2D eigenvalue weighted by Gasteiger charge is -2.27. The molecule has 3 aromatic carbocycles. The topological polar surface area (TPSA) is 84.9 Å². The van der Waals surface area contributed by atoms with Gasteiger partial charge in [0.2, 0.25) is 0 Å². The number of imide groups is 2. The molecule has 0 saturated carbocycles. The molecule has 10 heteroatoms. The Bertz CT molecular complexity index is 1440. The van der Waals surface area contributed by atoms with Crippen molar-refractivity contribution in [1.82, 2.24) is 5.32 Å². The van der Waals surface area contributed by atoms with Crippen LogP contribution in [0.4, 0.5) is 10.5 Å². The molecule has 1 aliphatic rings. The highest BCUT2D eigenvalue weighted by atomic mass is 79.9. The van der Waals surface area contributed by atoms with Crippen LogP contribution in [-0.4, -0.2) is 24.5 Å². The summed E-state index contributed by atoms with van der Waals surface area (Å²) < 4.78 is 12.3. The maximum atomic E-state index is 13.3. The lowest BCUT2D eigenvalue weighted by atomic mass is 10.1. The van der Waals surface area contributed by atoms with Crippen LogP contribution in [0.1, 0.15) is 23.6 Å². The molecule has 0 bridgehead atoms. The summed E-state index contributed by atoms with van der Waals surface area (Å²) in [5.41, 5.74) is 2.21. The average molecular weight is 604 g/mol. The fourth-order valence-electron chi connectivity index (χ4n) is 3.72. The Morgan fingerprint density at radius 2 is 1.76 bits per heavy atom. The van der Waals surface area contributed by atoms with E-state index in [-0.39, 0.29) is 12.2 Å². The number of hydrogen-bond donors (Lipinski definition) is 1. The van der Waals surface area contributed by atoms with Crippen LogP contribution in [0.25, 0.3) is 6.08 Å². The van der Waals surface area contributed by atoms with Gasteiger partial charge in [-0.15, -0.1) is 0 Å². The van der Waals surface area contributed by atoms with Crippen LogP contribution in [0.2, 0.25) is 10.0 Å². The van der Waals surface area contributed by atoms with Gasteiger partial charge in [-0.2, -0.15) is 0 Å². The van der Waals surface area contributed by atoms with Crippen molar-refractivity contribution in [3.8, 4) is 11.5 Å². The van der Waals surface area contributed by atoms with E-state index in [4.69, 9.17) is 32.7 Å². The van der Waals surface area contributed by atoms with Crippen LogP contribution in [0.5, 0.6) is 11.5 Å². The lowest BCUT2D eigenvalue weighted by molar-refractivity contribution is -0.122. The average Bonchev–Trinajstić information content (AvgIpc) is 2.84. The van der Waals surface area contributed by atoms with Gasteiger partial charge in [0.15, 0.2) is 11.5 Å². The summed E-state index contributed by atoms with van der Waals surface area (Å²) in [5, 5.41) is 3.11. The normalized spacial score (nSPS) is 14.7. The Hall–Kier alpha value is -3.33. The molecule has 0 unspecified atom stereocenters. The van der Waals surface area contributed by atoms with Gasteiger partial charge in [-0.25, -0.2) is 9.69 Å².